The third-order valence-corrected chi connectivity index (χ3v) is 3.04. The second kappa shape index (κ2) is 5.57. The Kier molecular flexibility index (Phi) is 3.85. The molecule has 19 heavy (non-hydrogen) atoms. The molecule has 2 rings (SSSR count). The van der Waals surface area contributed by atoms with E-state index in [9.17, 15) is 4.79 Å². The number of methoxy groups -OCH3 is 2. The van der Waals surface area contributed by atoms with Gasteiger partial charge >= 0.3 is 0 Å². The Morgan fingerprint density at radius 3 is 2.32 bits per heavy atom. The van der Waals surface area contributed by atoms with Crippen molar-refractivity contribution in [2.24, 2.45) is 0 Å². The molecule has 0 saturated carbocycles. The molecule has 98 valence electrons. The van der Waals surface area contributed by atoms with Gasteiger partial charge in [-0.1, -0.05) is 24.3 Å². The van der Waals surface area contributed by atoms with Crippen molar-refractivity contribution in [2.45, 2.75) is 6.92 Å². The SMILES string of the molecule is COc1ccc(C(=O)c2ccccc2C)c(OC)c1. The first-order valence-electron chi connectivity index (χ1n) is 5.99. The summed E-state index contributed by atoms with van der Waals surface area (Å²) in [5, 5.41) is 0. The number of hydrogen-bond acceptors (Lipinski definition) is 3. The summed E-state index contributed by atoms with van der Waals surface area (Å²) in [6, 6.07) is 12.7. The van der Waals surface area contributed by atoms with Crippen molar-refractivity contribution < 1.29 is 14.3 Å². The highest BCUT2D eigenvalue weighted by Gasteiger charge is 2.16. The van der Waals surface area contributed by atoms with E-state index in [1.54, 1.807) is 32.4 Å². The van der Waals surface area contributed by atoms with Crippen LogP contribution in [0.4, 0.5) is 0 Å². The number of aryl methyl sites for hydroxylation is 1. The van der Waals surface area contributed by atoms with Crippen LogP contribution in [0, 0.1) is 6.92 Å². The number of rotatable bonds is 4. The van der Waals surface area contributed by atoms with E-state index in [0.717, 1.165) is 5.56 Å². The Labute approximate surface area is 112 Å². The first-order valence-corrected chi connectivity index (χ1v) is 5.99. The molecule has 2 aromatic carbocycles. The van der Waals surface area contributed by atoms with E-state index in [0.29, 0.717) is 22.6 Å². The van der Waals surface area contributed by atoms with Gasteiger partial charge in [0.25, 0.3) is 0 Å². The van der Waals surface area contributed by atoms with E-state index < -0.39 is 0 Å². The van der Waals surface area contributed by atoms with E-state index in [1.165, 1.54) is 0 Å². The number of ether oxygens (including phenoxy) is 2. The highest BCUT2D eigenvalue weighted by atomic mass is 16.5. The van der Waals surface area contributed by atoms with Crippen LogP contribution in [0.3, 0.4) is 0 Å². The minimum Gasteiger partial charge on any atom is -0.497 e. The minimum absolute atomic E-state index is 0.0439. The molecule has 0 aromatic heterocycles. The molecule has 0 aliphatic carbocycles. The lowest BCUT2D eigenvalue weighted by atomic mass is 9.98. The van der Waals surface area contributed by atoms with Crippen molar-refractivity contribution in [3.63, 3.8) is 0 Å². The fourth-order valence-electron chi connectivity index (χ4n) is 1.96. The third-order valence-electron chi connectivity index (χ3n) is 3.04. The maximum absolute atomic E-state index is 12.5. The average Bonchev–Trinajstić information content (AvgIpc) is 2.46. The van der Waals surface area contributed by atoms with E-state index in [4.69, 9.17) is 9.47 Å². The Balaban J connectivity index is 2.47. The van der Waals surface area contributed by atoms with Gasteiger partial charge in [0.1, 0.15) is 11.5 Å². The van der Waals surface area contributed by atoms with Gasteiger partial charge < -0.3 is 9.47 Å². The molecule has 0 amide bonds. The standard InChI is InChI=1S/C16H16O3/c1-11-6-4-5-7-13(11)16(17)14-9-8-12(18-2)10-15(14)19-3/h4-10H,1-3H3. The summed E-state index contributed by atoms with van der Waals surface area (Å²) < 4.78 is 10.4. The van der Waals surface area contributed by atoms with Crippen molar-refractivity contribution in [2.75, 3.05) is 14.2 Å². The molecule has 0 fully saturated rings. The molecule has 0 unspecified atom stereocenters. The summed E-state index contributed by atoms with van der Waals surface area (Å²) in [5.74, 6) is 1.14. The number of carbonyl (C=O) groups excluding carboxylic acids is 1. The highest BCUT2D eigenvalue weighted by Crippen LogP contribution is 2.27. The average molecular weight is 256 g/mol. The Bertz CT molecular complexity index is 603. The third kappa shape index (κ3) is 2.60. The number of ketones is 1. The first kappa shape index (κ1) is 13.1. The molecule has 2 aromatic rings. The minimum atomic E-state index is -0.0439. The molecule has 0 bridgehead atoms. The number of hydrogen-bond donors (Lipinski definition) is 0. The second-order valence-electron chi connectivity index (χ2n) is 4.21. The van der Waals surface area contributed by atoms with Crippen LogP contribution >= 0.6 is 0 Å². The maximum atomic E-state index is 12.5. The van der Waals surface area contributed by atoms with Gasteiger partial charge in [0, 0.05) is 11.6 Å². The van der Waals surface area contributed by atoms with Gasteiger partial charge in [0.15, 0.2) is 5.78 Å². The van der Waals surface area contributed by atoms with Crippen LogP contribution in [0.5, 0.6) is 11.5 Å². The molecular weight excluding hydrogens is 240 g/mol. The Hall–Kier alpha value is -2.29. The van der Waals surface area contributed by atoms with Crippen molar-refractivity contribution in [1.29, 1.82) is 0 Å². The summed E-state index contributed by atoms with van der Waals surface area (Å²) in [7, 11) is 3.13. The van der Waals surface area contributed by atoms with Crippen LogP contribution in [-0.2, 0) is 0 Å². The van der Waals surface area contributed by atoms with Gasteiger partial charge in [0.05, 0.1) is 19.8 Å². The predicted octanol–water partition coefficient (Wildman–Crippen LogP) is 3.24. The van der Waals surface area contributed by atoms with Crippen molar-refractivity contribution in [1.82, 2.24) is 0 Å². The molecule has 0 aliphatic heterocycles. The molecule has 0 N–H and O–H groups in total. The molecule has 3 nitrogen and oxygen atoms in total. The first-order chi connectivity index (χ1) is 9.17. The molecule has 0 radical (unpaired) electrons. The van der Waals surface area contributed by atoms with Gasteiger partial charge in [-0.25, -0.2) is 0 Å². The van der Waals surface area contributed by atoms with Crippen LogP contribution in [-0.4, -0.2) is 20.0 Å². The van der Waals surface area contributed by atoms with Crippen LogP contribution in [0.25, 0.3) is 0 Å². The monoisotopic (exact) mass is 256 g/mol. The summed E-state index contributed by atoms with van der Waals surface area (Å²) in [5.41, 5.74) is 2.17. The van der Waals surface area contributed by atoms with Crippen LogP contribution in [0.15, 0.2) is 42.5 Å². The summed E-state index contributed by atoms with van der Waals surface area (Å²) in [4.78, 5) is 12.5. The fourth-order valence-corrected chi connectivity index (χ4v) is 1.96. The predicted molar refractivity (Wildman–Crippen MR) is 74.2 cm³/mol. The summed E-state index contributed by atoms with van der Waals surface area (Å²) in [6.07, 6.45) is 0. The lowest BCUT2D eigenvalue weighted by Gasteiger charge is -2.10. The molecule has 3 heteroatoms. The molecule has 0 heterocycles. The highest BCUT2D eigenvalue weighted by molar-refractivity contribution is 6.11. The van der Waals surface area contributed by atoms with Gasteiger partial charge in [0.2, 0.25) is 0 Å². The lowest BCUT2D eigenvalue weighted by Crippen LogP contribution is -2.06. The van der Waals surface area contributed by atoms with Gasteiger partial charge in [-0.2, -0.15) is 0 Å². The Morgan fingerprint density at radius 1 is 0.947 bits per heavy atom. The van der Waals surface area contributed by atoms with Gasteiger partial charge in [-0.15, -0.1) is 0 Å². The normalized spacial score (nSPS) is 10.1. The van der Waals surface area contributed by atoms with Gasteiger partial charge in [-0.05, 0) is 24.6 Å². The number of benzene rings is 2. The summed E-state index contributed by atoms with van der Waals surface area (Å²) >= 11 is 0. The van der Waals surface area contributed by atoms with E-state index in [2.05, 4.69) is 0 Å². The van der Waals surface area contributed by atoms with Crippen LogP contribution < -0.4 is 9.47 Å². The zero-order valence-electron chi connectivity index (χ0n) is 11.3. The van der Waals surface area contributed by atoms with E-state index >= 15 is 0 Å². The van der Waals surface area contributed by atoms with Crippen LogP contribution in [0.1, 0.15) is 21.5 Å². The lowest BCUT2D eigenvalue weighted by molar-refractivity contribution is 0.103. The summed E-state index contributed by atoms with van der Waals surface area (Å²) in [6.45, 7) is 1.92. The zero-order valence-corrected chi connectivity index (χ0v) is 11.3. The van der Waals surface area contributed by atoms with E-state index in [-0.39, 0.29) is 5.78 Å². The topological polar surface area (TPSA) is 35.5 Å². The Morgan fingerprint density at radius 2 is 1.68 bits per heavy atom. The molecule has 0 spiro atoms. The fraction of sp³-hybridized carbons (Fsp3) is 0.188. The quantitative estimate of drug-likeness (QED) is 0.788. The molecule has 0 atom stereocenters. The molecular formula is C16H16O3. The van der Waals surface area contributed by atoms with E-state index in [1.807, 2.05) is 31.2 Å². The van der Waals surface area contributed by atoms with Gasteiger partial charge in [-0.3, -0.25) is 4.79 Å². The van der Waals surface area contributed by atoms with Crippen molar-refractivity contribution in [3.05, 3.63) is 59.2 Å². The zero-order chi connectivity index (χ0) is 13.8. The van der Waals surface area contributed by atoms with Crippen molar-refractivity contribution in [3.8, 4) is 11.5 Å². The second-order valence-corrected chi connectivity index (χ2v) is 4.21. The largest absolute Gasteiger partial charge is 0.497 e. The molecule has 0 saturated heterocycles. The van der Waals surface area contributed by atoms with Crippen molar-refractivity contribution >= 4 is 5.78 Å². The van der Waals surface area contributed by atoms with Crippen LogP contribution in [0.2, 0.25) is 0 Å². The number of carbonyl (C=O) groups is 1. The molecule has 0 aliphatic rings. The smallest absolute Gasteiger partial charge is 0.197 e. The maximum Gasteiger partial charge on any atom is 0.197 e.